The summed E-state index contributed by atoms with van der Waals surface area (Å²) in [5, 5.41) is 3.09. The number of anilines is 1. The van der Waals surface area contributed by atoms with Gasteiger partial charge in [-0.2, -0.15) is 4.72 Å². The molecule has 0 saturated carbocycles. The predicted octanol–water partition coefficient (Wildman–Crippen LogP) is 0.731. The first-order chi connectivity index (χ1) is 11.9. The molecule has 0 bridgehead atoms. The fraction of sp³-hybridized carbons (Fsp3) is 0.125. The Morgan fingerprint density at radius 1 is 1.08 bits per heavy atom. The lowest BCUT2D eigenvalue weighted by Gasteiger charge is -2.28. The summed E-state index contributed by atoms with van der Waals surface area (Å²) in [5.41, 5.74) is 6.25. The molecule has 4 N–H and O–H groups in total. The minimum Gasteiger partial charge on any atom is -0.452 e. The number of para-hydroxylation sites is 1. The van der Waals surface area contributed by atoms with E-state index in [0.717, 1.165) is 0 Å². The van der Waals surface area contributed by atoms with E-state index in [1.807, 2.05) is 0 Å². The van der Waals surface area contributed by atoms with E-state index in [2.05, 4.69) is 10.0 Å². The van der Waals surface area contributed by atoms with Gasteiger partial charge in [-0.1, -0.05) is 24.3 Å². The summed E-state index contributed by atoms with van der Waals surface area (Å²) in [6, 6.07) is 12.7. The first-order valence-corrected chi connectivity index (χ1v) is 8.78. The van der Waals surface area contributed by atoms with Crippen LogP contribution in [0, 0.1) is 0 Å². The number of nitrogens with one attached hydrogen (secondary N) is 2. The van der Waals surface area contributed by atoms with E-state index >= 15 is 0 Å². The number of fused-ring (bicyclic) bond motifs is 1. The van der Waals surface area contributed by atoms with Gasteiger partial charge >= 0.3 is 5.97 Å². The largest absolute Gasteiger partial charge is 0.452 e. The maximum atomic E-state index is 12.3. The SMILES string of the molecule is NC(=O)COC(=O)c1ccc(C2Nc3ccccc3S(=O)(=O)N2)cc1. The molecule has 25 heavy (non-hydrogen) atoms. The molecule has 0 aromatic heterocycles. The highest BCUT2D eigenvalue weighted by Crippen LogP contribution is 2.30. The van der Waals surface area contributed by atoms with Crippen LogP contribution in [0.25, 0.3) is 0 Å². The molecule has 0 radical (unpaired) electrons. The maximum Gasteiger partial charge on any atom is 0.338 e. The van der Waals surface area contributed by atoms with E-state index in [4.69, 9.17) is 10.5 Å². The summed E-state index contributed by atoms with van der Waals surface area (Å²) in [7, 11) is -3.64. The Bertz CT molecular complexity index is 925. The standard InChI is InChI=1S/C16H15N3O5S/c17-14(20)9-24-16(21)11-7-5-10(6-8-11)15-18-12-3-1-2-4-13(12)25(22,23)19-15/h1-8,15,18-19H,9H2,(H2,17,20). The number of sulfonamides is 1. The van der Waals surface area contributed by atoms with Gasteiger partial charge < -0.3 is 15.8 Å². The number of rotatable bonds is 4. The number of ether oxygens (including phenoxy) is 1. The molecule has 2 aromatic carbocycles. The first-order valence-electron chi connectivity index (χ1n) is 7.30. The molecule has 0 spiro atoms. The zero-order valence-corrected chi connectivity index (χ0v) is 13.7. The Morgan fingerprint density at radius 3 is 2.44 bits per heavy atom. The predicted molar refractivity (Wildman–Crippen MR) is 89.0 cm³/mol. The number of primary amides is 1. The highest BCUT2D eigenvalue weighted by molar-refractivity contribution is 7.89. The summed E-state index contributed by atoms with van der Waals surface area (Å²) < 4.78 is 31.9. The molecule has 130 valence electrons. The van der Waals surface area contributed by atoms with E-state index in [-0.39, 0.29) is 10.5 Å². The van der Waals surface area contributed by atoms with Crippen LogP contribution in [0.1, 0.15) is 22.1 Å². The van der Waals surface area contributed by atoms with Crippen molar-refractivity contribution >= 4 is 27.6 Å². The highest BCUT2D eigenvalue weighted by atomic mass is 32.2. The third kappa shape index (κ3) is 3.62. The Morgan fingerprint density at radius 2 is 1.76 bits per heavy atom. The lowest BCUT2D eigenvalue weighted by atomic mass is 10.1. The Kier molecular flexibility index (Phi) is 4.43. The Balaban J connectivity index is 1.80. The molecule has 1 aliphatic rings. The fourth-order valence-corrected chi connectivity index (χ4v) is 3.71. The van der Waals surface area contributed by atoms with Crippen molar-refractivity contribution in [2.75, 3.05) is 11.9 Å². The number of benzene rings is 2. The topological polar surface area (TPSA) is 128 Å². The minimum atomic E-state index is -3.64. The second-order valence-corrected chi connectivity index (χ2v) is 7.04. The monoisotopic (exact) mass is 361 g/mol. The van der Waals surface area contributed by atoms with Crippen LogP contribution in [0.3, 0.4) is 0 Å². The van der Waals surface area contributed by atoms with Gasteiger partial charge in [0, 0.05) is 0 Å². The van der Waals surface area contributed by atoms with Gasteiger partial charge in [0.1, 0.15) is 11.1 Å². The number of esters is 1. The molecule has 1 heterocycles. The number of carbonyl (C=O) groups is 2. The lowest BCUT2D eigenvalue weighted by Crippen LogP contribution is -2.38. The average molecular weight is 361 g/mol. The molecular formula is C16H15N3O5S. The highest BCUT2D eigenvalue weighted by Gasteiger charge is 2.29. The fourth-order valence-electron chi connectivity index (χ4n) is 2.41. The van der Waals surface area contributed by atoms with E-state index in [9.17, 15) is 18.0 Å². The van der Waals surface area contributed by atoms with Gasteiger partial charge in [0.25, 0.3) is 5.91 Å². The second-order valence-electron chi connectivity index (χ2n) is 5.36. The van der Waals surface area contributed by atoms with Gasteiger partial charge in [-0.25, -0.2) is 13.2 Å². The molecule has 8 nitrogen and oxygen atoms in total. The van der Waals surface area contributed by atoms with E-state index in [0.29, 0.717) is 11.3 Å². The van der Waals surface area contributed by atoms with Crippen molar-refractivity contribution in [2.24, 2.45) is 5.73 Å². The molecule has 0 fully saturated rings. The molecule has 3 rings (SSSR count). The van der Waals surface area contributed by atoms with Gasteiger partial charge in [0.15, 0.2) is 6.61 Å². The number of nitrogens with two attached hydrogens (primary N) is 1. The smallest absolute Gasteiger partial charge is 0.338 e. The van der Waals surface area contributed by atoms with Crippen molar-refractivity contribution < 1.29 is 22.7 Å². The summed E-state index contributed by atoms with van der Waals surface area (Å²) in [4.78, 5) is 22.6. The van der Waals surface area contributed by atoms with Crippen LogP contribution >= 0.6 is 0 Å². The summed E-state index contributed by atoms with van der Waals surface area (Å²) in [6.45, 7) is -0.499. The average Bonchev–Trinajstić information content (AvgIpc) is 2.59. The quantitative estimate of drug-likeness (QED) is 0.689. The molecule has 1 aliphatic heterocycles. The zero-order valence-electron chi connectivity index (χ0n) is 12.9. The summed E-state index contributed by atoms with van der Waals surface area (Å²) in [5.74, 6) is -1.43. The van der Waals surface area contributed by atoms with Crippen molar-refractivity contribution in [2.45, 2.75) is 11.1 Å². The maximum absolute atomic E-state index is 12.3. The van der Waals surface area contributed by atoms with Gasteiger partial charge in [-0.15, -0.1) is 0 Å². The molecule has 0 saturated heterocycles. The van der Waals surface area contributed by atoms with Crippen LogP contribution < -0.4 is 15.8 Å². The van der Waals surface area contributed by atoms with Gasteiger partial charge in [-0.05, 0) is 29.8 Å². The number of amides is 1. The summed E-state index contributed by atoms with van der Waals surface area (Å²) >= 11 is 0. The molecular weight excluding hydrogens is 346 g/mol. The molecule has 0 aliphatic carbocycles. The summed E-state index contributed by atoms with van der Waals surface area (Å²) in [6.07, 6.45) is -0.671. The zero-order chi connectivity index (χ0) is 18.0. The van der Waals surface area contributed by atoms with Crippen LogP contribution in [0.15, 0.2) is 53.4 Å². The van der Waals surface area contributed by atoms with Crippen LogP contribution in [0.4, 0.5) is 5.69 Å². The van der Waals surface area contributed by atoms with E-state index in [1.54, 1.807) is 30.3 Å². The van der Waals surface area contributed by atoms with Crippen molar-refractivity contribution in [1.29, 1.82) is 0 Å². The minimum absolute atomic E-state index is 0.179. The second kappa shape index (κ2) is 6.54. The lowest BCUT2D eigenvalue weighted by molar-refractivity contribution is -0.121. The van der Waals surface area contributed by atoms with Crippen molar-refractivity contribution in [3.8, 4) is 0 Å². The normalized spacial score (nSPS) is 17.8. The van der Waals surface area contributed by atoms with Gasteiger partial charge in [-0.3, -0.25) is 4.79 Å². The number of carbonyl (C=O) groups excluding carboxylic acids is 2. The van der Waals surface area contributed by atoms with Crippen LogP contribution in [-0.2, 0) is 19.6 Å². The molecule has 1 unspecified atom stereocenters. The molecule has 2 aromatic rings. The number of hydrogen-bond acceptors (Lipinski definition) is 6. The van der Waals surface area contributed by atoms with Crippen molar-refractivity contribution in [3.05, 3.63) is 59.7 Å². The Labute approximate surface area is 144 Å². The molecule has 1 amide bonds. The van der Waals surface area contributed by atoms with Gasteiger partial charge in [0.2, 0.25) is 10.0 Å². The third-order valence-electron chi connectivity index (χ3n) is 3.57. The van der Waals surface area contributed by atoms with E-state index < -0.39 is 34.7 Å². The number of hydrogen-bond donors (Lipinski definition) is 3. The van der Waals surface area contributed by atoms with Crippen molar-refractivity contribution in [1.82, 2.24) is 4.72 Å². The van der Waals surface area contributed by atoms with Gasteiger partial charge in [0.05, 0.1) is 11.3 Å². The molecule has 9 heteroatoms. The molecule has 1 atom stereocenters. The third-order valence-corrected chi connectivity index (χ3v) is 5.06. The van der Waals surface area contributed by atoms with Crippen LogP contribution in [0.2, 0.25) is 0 Å². The van der Waals surface area contributed by atoms with Crippen LogP contribution in [-0.4, -0.2) is 26.9 Å². The Hall–Kier alpha value is -2.91. The van der Waals surface area contributed by atoms with Crippen LogP contribution in [0.5, 0.6) is 0 Å². The van der Waals surface area contributed by atoms with Crippen molar-refractivity contribution in [3.63, 3.8) is 0 Å². The first kappa shape index (κ1) is 16.9. The van der Waals surface area contributed by atoms with E-state index in [1.165, 1.54) is 18.2 Å².